The van der Waals surface area contributed by atoms with Crippen LogP contribution in [0.4, 0.5) is 5.69 Å². The van der Waals surface area contributed by atoms with Crippen molar-refractivity contribution in [3.63, 3.8) is 0 Å². The second-order valence-corrected chi connectivity index (χ2v) is 3.82. The molecule has 0 spiro atoms. The molecule has 5 heteroatoms. The van der Waals surface area contributed by atoms with Gasteiger partial charge >= 0.3 is 7.12 Å². The standard InChI is InChI=1S/C11H16BNO3/c1-4-11(14)9-6-5-8(12(15)16)7-10(9)13(2)3/h5-7,15-16H,4H2,1-3H3. The summed E-state index contributed by atoms with van der Waals surface area (Å²) in [4.78, 5) is 13.5. The molecular formula is C11H16BNO3. The molecule has 0 amide bonds. The number of ketones is 1. The molecule has 0 bridgehead atoms. The lowest BCUT2D eigenvalue weighted by atomic mass is 9.79. The normalized spacial score (nSPS) is 10.1. The quantitative estimate of drug-likeness (QED) is 0.556. The molecule has 0 radical (unpaired) electrons. The molecule has 4 nitrogen and oxygen atoms in total. The first-order valence-corrected chi connectivity index (χ1v) is 5.18. The SMILES string of the molecule is CCC(=O)c1ccc(B(O)O)cc1N(C)C. The molecule has 86 valence electrons. The van der Waals surface area contributed by atoms with Crippen molar-refractivity contribution < 1.29 is 14.8 Å². The summed E-state index contributed by atoms with van der Waals surface area (Å²) in [5, 5.41) is 18.1. The van der Waals surface area contributed by atoms with E-state index in [0.717, 1.165) is 0 Å². The van der Waals surface area contributed by atoms with Gasteiger partial charge in [0.25, 0.3) is 0 Å². The van der Waals surface area contributed by atoms with Gasteiger partial charge in [-0.15, -0.1) is 0 Å². The van der Waals surface area contributed by atoms with E-state index in [4.69, 9.17) is 10.0 Å². The largest absolute Gasteiger partial charge is 0.488 e. The number of hydrogen-bond donors (Lipinski definition) is 2. The molecule has 0 aliphatic rings. The third-order valence-electron chi connectivity index (χ3n) is 2.42. The number of carbonyl (C=O) groups is 1. The van der Waals surface area contributed by atoms with Gasteiger partial charge in [-0.2, -0.15) is 0 Å². The number of nitrogens with zero attached hydrogens (tertiary/aromatic N) is 1. The molecule has 1 aromatic carbocycles. The predicted molar refractivity (Wildman–Crippen MR) is 65.2 cm³/mol. The molecule has 0 atom stereocenters. The van der Waals surface area contributed by atoms with Crippen LogP contribution in [0.1, 0.15) is 23.7 Å². The fraction of sp³-hybridized carbons (Fsp3) is 0.364. The Labute approximate surface area is 95.7 Å². The first kappa shape index (κ1) is 12.7. The van der Waals surface area contributed by atoms with E-state index in [1.54, 1.807) is 30.0 Å². The summed E-state index contributed by atoms with van der Waals surface area (Å²) in [6, 6.07) is 4.81. The van der Waals surface area contributed by atoms with Gasteiger partial charge in [0.15, 0.2) is 5.78 Å². The van der Waals surface area contributed by atoms with Gasteiger partial charge in [-0.05, 0) is 17.6 Å². The number of Topliss-reactive ketones (excluding diaryl/α,β-unsaturated/α-hetero) is 1. The van der Waals surface area contributed by atoms with Gasteiger partial charge in [-0.25, -0.2) is 0 Å². The molecular weight excluding hydrogens is 205 g/mol. The van der Waals surface area contributed by atoms with Crippen LogP contribution in [0.5, 0.6) is 0 Å². The van der Waals surface area contributed by atoms with Gasteiger partial charge < -0.3 is 14.9 Å². The number of carbonyl (C=O) groups excluding carboxylic acids is 1. The minimum absolute atomic E-state index is 0.0441. The van der Waals surface area contributed by atoms with E-state index in [1.807, 2.05) is 14.1 Å². The molecule has 0 aliphatic heterocycles. The predicted octanol–water partition coefficient (Wildman–Crippen LogP) is 0.0251. The van der Waals surface area contributed by atoms with E-state index in [2.05, 4.69) is 0 Å². The highest BCUT2D eigenvalue weighted by Gasteiger charge is 2.16. The monoisotopic (exact) mass is 221 g/mol. The maximum absolute atomic E-state index is 11.7. The molecule has 1 rings (SSSR count). The van der Waals surface area contributed by atoms with E-state index in [1.165, 1.54) is 0 Å². The van der Waals surface area contributed by atoms with Crippen LogP contribution in [0.2, 0.25) is 0 Å². The molecule has 0 saturated carbocycles. The Morgan fingerprint density at radius 3 is 2.44 bits per heavy atom. The fourth-order valence-electron chi connectivity index (χ4n) is 1.51. The van der Waals surface area contributed by atoms with Gasteiger partial charge in [-0.1, -0.05) is 13.0 Å². The van der Waals surface area contributed by atoms with Crippen molar-refractivity contribution in [3.8, 4) is 0 Å². The minimum Gasteiger partial charge on any atom is -0.423 e. The zero-order valence-electron chi connectivity index (χ0n) is 9.77. The highest BCUT2D eigenvalue weighted by molar-refractivity contribution is 6.58. The molecule has 0 aromatic heterocycles. The smallest absolute Gasteiger partial charge is 0.423 e. The Morgan fingerprint density at radius 2 is 2.00 bits per heavy atom. The highest BCUT2D eigenvalue weighted by atomic mass is 16.4. The van der Waals surface area contributed by atoms with Crippen LogP contribution in [-0.4, -0.2) is 37.0 Å². The minimum atomic E-state index is -1.51. The van der Waals surface area contributed by atoms with Crippen LogP contribution in [0.15, 0.2) is 18.2 Å². The number of anilines is 1. The van der Waals surface area contributed by atoms with Crippen LogP contribution in [0.25, 0.3) is 0 Å². The lowest BCUT2D eigenvalue weighted by Gasteiger charge is -2.17. The lowest BCUT2D eigenvalue weighted by molar-refractivity contribution is 0.0988. The van der Waals surface area contributed by atoms with Crippen LogP contribution in [-0.2, 0) is 0 Å². The Balaban J connectivity index is 3.25. The number of rotatable bonds is 4. The van der Waals surface area contributed by atoms with E-state index >= 15 is 0 Å². The third-order valence-corrected chi connectivity index (χ3v) is 2.42. The molecule has 0 unspecified atom stereocenters. The molecule has 0 fully saturated rings. The molecule has 2 N–H and O–H groups in total. The Bertz CT molecular complexity index is 391. The first-order chi connectivity index (χ1) is 7.47. The zero-order valence-corrected chi connectivity index (χ0v) is 9.77. The Morgan fingerprint density at radius 1 is 1.38 bits per heavy atom. The van der Waals surface area contributed by atoms with Crippen molar-refractivity contribution >= 4 is 24.1 Å². The lowest BCUT2D eigenvalue weighted by Crippen LogP contribution is -2.31. The van der Waals surface area contributed by atoms with E-state index in [9.17, 15) is 4.79 Å². The molecule has 0 saturated heterocycles. The summed E-state index contributed by atoms with van der Waals surface area (Å²) >= 11 is 0. The number of hydrogen-bond acceptors (Lipinski definition) is 4. The van der Waals surface area contributed by atoms with Crippen molar-refractivity contribution in [2.24, 2.45) is 0 Å². The van der Waals surface area contributed by atoms with Crippen LogP contribution >= 0.6 is 0 Å². The average molecular weight is 221 g/mol. The third kappa shape index (κ3) is 2.62. The van der Waals surface area contributed by atoms with E-state index in [-0.39, 0.29) is 5.78 Å². The maximum atomic E-state index is 11.7. The second kappa shape index (κ2) is 5.14. The van der Waals surface area contributed by atoms with Crippen molar-refractivity contribution in [3.05, 3.63) is 23.8 Å². The summed E-state index contributed by atoms with van der Waals surface area (Å²) in [5.41, 5.74) is 1.70. The maximum Gasteiger partial charge on any atom is 0.488 e. The van der Waals surface area contributed by atoms with Crippen LogP contribution in [0.3, 0.4) is 0 Å². The van der Waals surface area contributed by atoms with Gasteiger partial charge in [-0.3, -0.25) is 4.79 Å². The van der Waals surface area contributed by atoms with Crippen molar-refractivity contribution in [2.75, 3.05) is 19.0 Å². The molecule has 16 heavy (non-hydrogen) atoms. The van der Waals surface area contributed by atoms with Gasteiger partial charge in [0, 0.05) is 31.8 Å². The van der Waals surface area contributed by atoms with Crippen molar-refractivity contribution in [1.29, 1.82) is 0 Å². The summed E-state index contributed by atoms with van der Waals surface area (Å²) in [7, 11) is 2.12. The number of benzene rings is 1. The van der Waals surface area contributed by atoms with Crippen LogP contribution in [0, 0.1) is 0 Å². The van der Waals surface area contributed by atoms with Crippen LogP contribution < -0.4 is 10.4 Å². The van der Waals surface area contributed by atoms with Gasteiger partial charge in [0.1, 0.15) is 0 Å². The summed E-state index contributed by atoms with van der Waals surface area (Å²) in [6.07, 6.45) is 0.432. The molecule has 0 aliphatic carbocycles. The van der Waals surface area contributed by atoms with Crippen molar-refractivity contribution in [1.82, 2.24) is 0 Å². The molecule has 0 heterocycles. The average Bonchev–Trinajstić information content (AvgIpc) is 2.26. The highest BCUT2D eigenvalue weighted by Crippen LogP contribution is 2.18. The second-order valence-electron chi connectivity index (χ2n) is 3.82. The summed E-state index contributed by atoms with van der Waals surface area (Å²) < 4.78 is 0. The van der Waals surface area contributed by atoms with Gasteiger partial charge in [0.05, 0.1) is 0 Å². The Hall–Kier alpha value is -1.33. The Kier molecular flexibility index (Phi) is 4.09. The van der Waals surface area contributed by atoms with Gasteiger partial charge in [0.2, 0.25) is 0 Å². The van der Waals surface area contributed by atoms with E-state index < -0.39 is 7.12 Å². The summed E-state index contributed by atoms with van der Waals surface area (Å²) in [5.74, 6) is 0.0441. The summed E-state index contributed by atoms with van der Waals surface area (Å²) in [6.45, 7) is 1.80. The fourth-order valence-corrected chi connectivity index (χ4v) is 1.51. The van der Waals surface area contributed by atoms with E-state index in [0.29, 0.717) is 23.1 Å². The molecule has 1 aromatic rings. The zero-order chi connectivity index (χ0) is 12.3. The topological polar surface area (TPSA) is 60.8 Å². The van der Waals surface area contributed by atoms with Crippen molar-refractivity contribution in [2.45, 2.75) is 13.3 Å². The first-order valence-electron chi connectivity index (χ1n) is 5.18.